The SMILES string of the molecule is CN(C)C1=NC(c2ccccc2Cl)c2cc3c(cc2C1)CCC3. The molecule has 0 aromatic heterocycles. The van der Waals surface area contributed by atoms with Gasteiger partial charge in [0.1, 0.15) is 11.9 Å². The van der Waals surface area contributed by atoms with E-state index in [-0.39, 0.29) is 6.04 Å². The normalized spacial score (nSPS) is 19.1. The Hall–Kier alpha value is -1.80. The molecule has 0 spiro atoms. The van der Waals surface area contributed by atoms with Gasteiger partial charge in [-0.25, -0.2) is 0 Å². The van der Waals surface area contributed by atoms with E-state index in [1.165, 1.54) is 41.5 Å². The summed E-state index contributed by atoms with van der Waals surface area (Å²) in [5.74, 6) is 1.13. The molecule has 0 saturated heterocycles. The topological polar surface area (TPSA) is 15.6 Å². The molecule has 1 atom stereocenters. The number of aryl methyl sites for hydroxylation is 2. The average Bonchev–Trinajstić information content (AvgIpc) is 2.99. The van der Waals surface area contributed by atoms with Crippen molar-refractivity contribution in [3.8, 4) is 0 Å². The third kappa shape index (κ3) is 2.55. The fourth-order valence-electron chi connectivity index (χ4n) is 3.74. The van der Waals surface area contributed by atoms with E-state index < -0.39 is 0 Å². The lowest BCUT2D eigenvalue weighted by Crippen LogP contribution is -2.29. The van der Waals surface area contributed by atoms with Gasteiger partial charge < -0.3 is 4.90 Å². The number of amidine groups is 1. The van der Waals surface area contributed by atoms with Crippen LogP contribution in [0, 0.1) is 0 Å². The second-order valence-corrected chi connectivity index (χ2v) is 7.12. The van der Waals surface area contributed by atoms with E-state index in [1.54, 1.807) is 0 Å². The predicted molar refractivity (Wildman–Crippen MR) is 96.6 cm³/mol. The van der Waals surface area contributed by atoms with Crippen molar-refractivity contribution in [1.82, 2.24) is 4.90 Å². The summed E-state index contributed by atoms with van der Waals surface area (Å²) in [6.45, 7) is 0. The summed E-state index contributed by atoms with van der Waals surface area (Å²) in [5.41, 5.74) is 6.89. The highest BCUT2D eigenvalue weighted by Crippen LogP contribution is 2.39. The molecule has 1 aliphatic carbocycles. The first kappa shape index (κ1) is 14.8. The number of hydrogen-bond donors (Lipinski definition) is 0. The van der Waals surface area contributed by atoms with Gasteiger partial charge in [-0.2, -0.15) is 0 Å². The van der Waals surface area contributed by atoms with Crippen LogP contribution < -0.4 is 0 Å². The van der Waals surface area contributed by atoms with Crippen LogP contribution in [0.3, 0.4) is 0 Å². The van der Waals surface area contributed by atoms with Crippen LogP contribution in [-0.2, 0) is 19.3 Å². The van der Waals surface area contributed by atoms with Crippen LogP contribution in [-0.4, -0.2) is 24.8 Å². The number of halogens is 1. The second-order valence-electron chi connectivity index (χ2n) is 6.71. The molecule has 0 amide bonds. The van der Waals surface area contributed by atoms with Crippen molar-refractivity contribution in [2.45, 2.75) is 31.7 Å². The van der Waals surface area contributed by atoms with Crippen LogP contribution in [0.2, 0.25) is 5.02 Å². The number of likely N-dealkylation sites (N-methyl/N-ethyl adjacent to an activating group) is 1. The molecular weight excluding hydrogens is 304 g/mol. The van der Waals surface area contributed by atoms with E-state index >= 15 is 0 Å². The van der Waals surface area contributed by atoms with Gasteiger partial charge in [0, 0.05) is 25.5 Å². The molecule has 4 rings (SSSR count). The minimum Gasteiger partial charge on any atom is -0.366 e. The maximum Gasteiger partial charge on any atom is 0.104 e. The number of benzene rings is 2. The quantitative estimate of drug-likeness (QED) is 0.757. The van der Waals surface area contributed by atoms with Crippen molar-refractivity contribution in [2.75, 3.05) is 14.1 Å². The lowest BCUT2D eigenvalue weighted by atomic mass is 9.87. The van der Waals surface area contributed by atoms with E-state index in [2.05, 4.69) is 37.2 Å². The lowest BCUT2D eigenvalue weighted by molar-refractivity contribution is 0.591. The molecule has 2 aliphatic rings. The van der Waals surface area contributed by atoms with Crippen LogP contribution in [0.5, 0.6) is 0 Å². The minimum absolute atomic E-state index is 0.00995. The molecule has 2 aromatic rings. The standard InChI is InChI=1S/C20H21ClN2/c1-23(2)19-12-15-10-13-6-5-7-14(13)11-17(15)20(22-19)16-8-3-4-9-18(16)21/h3-4,8-11,20H,5-7,12H2,1-2H3. The Morgan fingerprint density at radius 2 is 1.74 bits per heavy atom. The van der Waals surface area contributed by atoms with Gasteiger partial charge in [-0.05, 0) is 53.1 Å². The molecule has 118 valence electrons. The first-order valence-electron chi connectivity index (χ1n) is 8.26. The lowest BCUT2D eigenvalue weighted by Gasteiger charge is -2.29. The maximum absolute atomic E-state index is 6.49. The summed E-state index contributed by atoms with van der Waals surface area (Å²) in [5, 5.41) is 0.799. The number of fused-ring (bicyclic) bond motifs is 2. The van der Waals surface area contributed by atoms with E-state index in [0.29, 0.717) is 0 Å². The highest BCUT2D eigenvalue weighted by Gasteiger charge is 2.27. The summed E-state index contributed by atoms with van der Waals surface area (Å²) in [7, 11) is 4.14. The summed E-state index contributed by atoms with van der Waals surface area (Å²) in [6.07, 6.45) is 4.60. The van der Waals surface area contributed by atoms with Crippen molar-refractivity contribution in [1.29, 1.82) is 0 Å². The van der Waals surface area contributed by atoms with Gasteiger partial charge in [0.05, 0.1) is 0 Å². The molecule has 23 heavy (non-hydrogen) atoms. The van der Waals surface area contributed by atoms with Crippen molar-refractivity contribution in [2.24, 2.45) is 4.99 Å². The third-order valence-electron chi connectivity index (χ3n) is 4.99. The molecule has 2 nitrogen and oxygen atoms in total. The van der Waals surface area contributed by atoms with Gasteiger partial charge in [-0.3, -0.25) is 4.99 Å². The highest BCUT2D eigenvalue weighted by atomic mass is 35.5. The second kappa shape index (κ2) is 5.68. The first-order chi connectivity index (χ1) is 11.1. The summed E-state index contributed by atoms with van der Waals surface area (Å²) >= 11 is 6.49. The fourth-order valence-corrected chi connectivity index (χ4v) is 3.98. The van der Waals surface area contributed by atoms with Crippen LogP contribution >= 0.6 is 11.6 Å². The first-order valence-corrected chi connectivity index (χ1v) is 8.64. The van der Waals surface area contributed by atoms with Crippen molar-refractivity contribution >= 4 is 17.4 Å². The van der Waals surface area contributed by atoms with E-state index in [1.807, 2.05) is 18.2 Å². The Labute approximate surface area is 142 Å². The van der Waals surface area contributed by atoms with Crippen LogP contribution in [0.4, 0.5) is 0 Å². The largest absolute Gasteiger partial charge is 0.366 e. The zero-order valence-corrected chi connectivity index (χ0v) is 14.4. The Bertz CT molecular complexity index is 792. The van der Waals surface area contributed by atoms with Gasteiger partial charge >= 0.3 is 0 Å². The third-order valence-corrected chi connectivity index (χ3v) is 5.34. The fraction of sp³-hybridized carbons (Fsp3) is 0.350. The maximum atomic E-state index is 6.49. The molecule has 0 radical (unpaired) electrons. The Morgan fingerprint density at radius 1 is 1.00 bits per heavy atom. The number of nitrogens with zero attached hydrogens (tertiary/aromatic N) is 2. The molecule has 3 heteroatoms. The molecule has 1 unspecified atom stereocenters. The van der Waals surface area contributed by atoms with E-state index in [4.69, 9.17) is 16.6 Å². The van der Waals surface area contributed by atoms with Gasteiger partial charge in [0.2, 0.25) is 0 Å². The molecule has 0 fully saturated rings. The molecular formula is C20H21ClN2. The van der Waals surface area contributed by atoms with Crippen LogP contribution in [0.25, 0.3) is 0 Å². The molecule has 1 aliphatic heterocycles. The summed E-state index contributed by atoms with van der Waals surface area (Å²) < 4.78 is 0. The van der Waals surface area contributed by atoms with Gasteiger partial charge in [0.25, 0.3) is 0 Å². The van der Waals surface area contributed by atoms with Gasteiger partial charge in [0.15, 0.2) is 0 Å². The highest BCUT2D eigenvalue weighted by molar-refractivity contribution is 6.31. The molecule has 0 N–H and O–H groups in total. The number of rotatable bonds is 1. The van der Waals surface area contributed by atoms with Gasteiger partial charge in [-0.1, -0.05) is 41.9 Å². The zero-order chi connectivity index (χ0) is 16.0. The molecule has 2 aromatic carbocycles. The van der Waals surface area contributed by atoms with Crippen molar-refractivity contribution in [3.05, 3.63) is 69.2 Å². The number of aliphatic imine (C=N–C) groups is 1. The summed E-state index contributed by atoms with van der Waals surface area (Å²) in [4.78, 5) is 7.16. The Morgan fingerprint density at radius 3 is 2.48 bits per heavy atom. The molecule has 0 saturated carbocycles. The monoisotopic (exact) mass is 324 g/mol. The van der Waals surface area contributed by atoms with Crippen molar-refractivity contribution in [3.63, 3.8) is 0 Å². The summed E-state index contributed by atoms with van der Waals surface area (Å²) in [6, 6.07) is 12.9. The van der Waals surface area contributed by atoms with Gasteiger partial charge in [-0.15, -0.1) is 0 Å². The minimum atomic E-state index is 0.00995. The Kier molecular flexibility index (Phi) is 3.65. The smallest absolute Gasteiger partial charge is 0.104 e. The van der Waals surface area contributed by atoms with Crippen molar-refractivity contribution < 1.29 is 0 Å². The average molecular weight is 325 g/mol. The number of hydrogen-bond acceptors (Lipinski definition) is 2. The van der Waals surface area contributed by atoms with Crippen LogP contribution in [0.15, 0.2) is 41.4 Å². The van der Waals surface area contributed by atoms with E-state index in [0.717, 1.165) is 22.8 Å². The predicted octanol–water partition coefficient (Wildman–Crippen LogP) is 4.43. The van der Waals surface area contributed by atoms with Crippen LogP contribution in [0.1, 0.15) is 40.3 Å². The zero-order valence-electron chi connectivity index (χ0n) is 13.6. The molecule has 1 heterocycles. The molecule has 0 bridgehead atoms. The van der Waals surface area contributed by atoms with E-state index in [9.17, 15) is 0 Å². The Balaban J connectivity index is 1.89.